The van der Waals surface area contributed by atoms with Crippen LogP contribution in [-0.4, -0.2) is 16.2 Å². The first-order valence-electron chi connectivity index (χ1n) is 2.79. The molecule has 1 rings (SSSR count). The van der Waals surface area contributed by atoms with E-state index in [9.17, 15) is 14.9 Å². The average Bonchev–Trinajstić information content (AvgIpc) is 2.04. The zero-order chi connectivity index (χ0) is 8.27. The lowest BCUT2D eigenvalue weighted by molar-refractivity contribution is -0.385. The Morgan fingerprint density at radius 2 is 2.36 bits per heavy atom. The molecule has 1 aromatic heterocycles. The lowest BCUT2D eigenvalue weighted by Gasteiger charge is -1.91. The molecular formula is C6H4N2O3. The van der Waals surface area contributed by atoms with Gasteiger partial charge in [0.05, 0.1) is 4.92 Å². The summed E-state index contributed by atoms with van der Waals surface area (Å²) >= 11 is 0. The van der Waals surface area contributed by atoms with Crippen LogP contribution in [-0.2, 0) is 0 Å². The van der Waals surface area contributed by atoms with Crippen LogP contribution in [0.5, 0.6) is 0 Å². The summed E-state index contributed by atoms with van der Waals surface area (Å²) in [5, 5.41) is 10.2. The molecule has 0 N–H and O–H groups in total. The molecule has 0 aromatic carbocycles. The van der Waals surface area contributed by atoms with Gasteiger partial charge in [0.1, 0.15) is 5.56 Å². The van der Waals surface area contributed by atoms with Crippen LogP contribution in [0.25, 0.3) is 0 Å². The molecule has 0 saturated heterocycles. The van der Waals surface area contributed by atoms with Gasteiger partial charge in [0.15, 0.2) is 6.29 Å². The summed E-state index contributed by atoms with van der Waals surface area (Å²) in [7, 11) is 0. The lowest BCUT2D eigenvalue weighted by atomic mass is 10.3. The van der Waals surface area contributed by atoms with E-state index in [0.29, 0.717) is 6.29 Å². The van der Waals surface area contributed by atoms with Crippen molar-refractivity contribution in [1.29, 1.82) is 0 Å². The minimum atomic E-state index is -0.620. The fourth-order valence-corrected chi connectivity index (χ4v) is 0.656. The average molecular weight is 152 g/mol. The largest absolute Gasteiger partial charge is 0.298 e. The Labute approximate surface area is 61.8 Å². The van der Waals surface area contributed by atoms with E-state index in [2.05, 4.69) is 4.98 Å². The molecule has 1 aromatic rings. The van der Waals surface area contributed by atoms with E-state index in [0.717, 1.165) is 6.20 Å². The Bertz CT molecular complexity index is 298. The van der Waals surface area contributed by atoms with Crippen LogP contribution in [0, 0.1) is 10.1 Å². The number of rotatable bonds is 2. The third-order valence-corrected chi connectivity index (χ3v) is 1.15. The third kappa shape index (κ3) is 1.37. The second-order valence-electron chi connectivity index (χ2n) is 1.81. The Morgan fingerprint density at radius 1 is 1.64 bits per heavy atom. The zero-order valence-corrected chi connectivity index (χ0v) is 5.43. The predicted octanol–water partition coefficient (Wildman–Crippen LogP) is 0.802. The molecule has 0 atom stereocenters. The van der Waals surface area contributed by atoms with Gasteiger partial charge >= 0.3 is 0 Å². The third-order valence-electron chi connectivity index (χ3n) is 1.15. The molecule has 0 amide bonds. The Balaban J connectivity index is 3.22. The maximum absolute atomic E-state index is 10.2. The lowest BCUT2D eigenvalue weighted by Crippen LogP contribution is -1.94. The van der Waals surface area contributed by atoms with Gasteiger partial charge in [-0.05, 0) is 0 Å². The molecule has 0 aliphatic heterocycles. The second-order valence-corrected chi connectivity index (χ2v) is 1.81. The van der Waals surface area contributed by atoms with Crippen molar-refractivity contribution in [1.82, 2.24) is 4.98 Å². The Hall–Kier alpha value is -1.78. The maximum Gasteiger partial charge on any atom is 0.282 e. The molecule has 5 nitrogen and oxygen atoms in total. The predicted molar refractivity (Wildman–Crippen MR) is 36.3 cm³/mol. The summed E-state index contributed by atoms with van der Waals surface area (Å²) in [6, 6.07) is 1.18. The first kappa shape index (κ1) is 7.33. The number of hydrogen-bond donors (Lipinski definition) is 0. The number of aromatic nitrogens is 1. The van der Waals surface area contributed by atoms with Crippen molar-refractivity contribution >= 4 is 12.0 Å². The van der Waals surface area contributed by atoms with Crippen LogP contribution >= 0.6 is 0 Å². The fraction of sp³-hybridized carbons (Fsp3) is 0. The molecule has 5 heteroatoms. The van der Waals surface area contributed by atoms with Crippen molar-refractivity contribution in [3.63, 3.8) is 0 Å². The van der Waals surface area contributed by atoms with Gasteiger partial charge < -0.3 is 0 Å². The van der Waals surface area contributed by atoms with Crippen molar-refractivity contribution in [2.75, 3.05) is 0 Å². The number of hydrogen-bond acceptors (Lipinski definition) is 4. The van der Waals surface area contributed by atoms with Gasteiger partial charge in [-0.2, -0.15) is 0 Å². The van der Waals surface area contributed by atoms with Crippen LogP contribution in [0.2, 0.25) is 0 Å². The minimum Gasteiger partial charge on any atom is -0.298 e. The van der Waals surface area contributed by atoms with Crippen LogP contribution in [0.4, 0.5) is 5.69 Å². The zero-order valence-electron chi connectivity index (χ0n) is 5.43. The van der Waals surface area contributed by atoms with E-state index in [1.165, 1.54) is 12.3 Å². The van der Waals surface area contributed by atoms with Crippen molar-refractivity contribution in [2.24, 2.45) is 0 Å². The molecule has 0 spiro atoms. The first-order valence-corrected chi connectivity index (χ1v) is 2.79. The van der Waals surface area contributed by atoms with Gasteiger partial charge in [-0.3, -0.25) is 19.9 Å². The number of carbonyl (C=O) groups excluding carboxylic acids is 1. The quantitative estimate of drug-likeness (QED) is 0.357. The van der Waals surface area contributed by atoms with Crippen molar-refractivity contribution in [2.45, 2.75) is 0 Å². The number of nitrogens with zero attached hydrogens (tertiary/aromatic N) is 2. The smallest absolute Gasteiger partial charge is 0.282 e. The normalized spacial score (nSPS) is 9.09. The van der Waals surface area contributed by atoms with Crippen LogP contribution in [0.15, 0.2) is 18.5 Å². The van der Waals surface area contributed by atoms with Gasteiger partial charge in [0.25, 0.3) is 5.69 Å². The molecule has 0 unspecified atom stereocenters. The molecule has 0 bridgehead atoms. The summed E-state index contributed by atoms with van der Waals surface area (Å²) in [6.45, 7) is 0. The highest BCUT2D eigenvalue weighted by atomic mass is 16.6. The van der Waals surface area contributed by atoms with Crippen molar-refractivity contribution in [3.8, 4) is 0 Å². The SMILES string of the molecule is O=Cc1cnccc1[N+](=O)[O-]. The standard InChI is InChI=1S/C6H4N2O3/c9-4-5-3-7-2-1-6(5)8(10)11/h1-4H. The monoisotopic (exact) mass is 152 g/mol. The number of nitro groups is 1. The van der Waals surface area contributed by atoms with Crippen molar-refractivity contribution in [3.05, 3.63) is 34.1 Å². The summed E-state index contributed by atoms with van der Waals surface area (Å²) in [5.41, 5.74) is -0.215. The van der Waals surface area contributed by atoms with E-state index >= 15 is 0 Å². The Kier molecular flexibility index (Phi) is 1.91. The molecule has 0 fully saturated rings. The molecule has 0 radical (unpaired) electrons. The molecule has 0 saturated carbocycles. The van der Waals surface area contributed by atoms with E-state index in [1.807, 2.05) is 0 Å². The van der Waals surface area contributed by atoms with Crippen LogP contribution in [0.1, 0.15) is 10.4 Å². The van der Waals surface area contributed by atoms with Gasteiger partial charge in [-0.25, -0.2) is 0 Å². The van der Waals surface area contributed by atoms with Gasteiger partial charge in [0.2, 0.25) is 0 Å². The summed E-state index contributed by atoms with van der Waals surface area (Å²) < 4.78 is 0. The molecule has 56 valence electrons. The van der Waals surface area contributed by atoms with E-state index < -0.39 is 4.92 Å². The highest BCUT2D eigenvalue weighted by molar-refractivity contribution is 5.80. The van der Waals surface area contributed by atoms with Gasteiger partial charge in [0, 0.05) is 18.5 Å². The van der Waals surface area contributed by atoms with Crippen molar-refractivity contribution < 1.29 is 9.72 Å². The number of aldehydes is 1. The van der Waals surface area contributed by atoms with Gasteiger partial charge in [-0.1, -0.05) is 0 Å². The number of carbonyl (C=O) groups is 1. The molecule has 0 aliphatic rings. The maximum atomic E-state index is 10.2. The highest BCUT2D eigenvalue weighted by Crippen LogP contribution is 2.12. The van der Waals surface area contributed by atoms with E-state index in [4.69, 9.17) is 0 Å². The first-order chi connectivity index (χ1) is 5.25. The van der Waals surface area contributed by atoms with Crippen LogP contribution in [0.3, 0.4) is 0 Å². The van der Waals surface area contributed by atoms with E-state index in [1.54, 1.807) is 0 Å². The molecule has 1 heterocycles. The van der Waals surface area contributed by atoms with E-state index in [-0.39, 0.29) is 11.3 Å². The second kappa shape index (κ2) is 2.87. The summed E-state index contributed by atoms with van der Waals surface area (Å²) in [6.07, 6.45) is 2.83. The highest BCUT2D eigenvalue weighted by Gasteiger charge is 2.10. The number of pyridine rings is 1. The summed E-state index contributed by atoms with van der Waals surface area (Å²) in [4.78, 5) is 23.3. The Morgan fingerprint density at radius 3 is 2.82 bits per heavy atom. The molecular weight excluding hydrogens is 148 g/mol. The topological polar surface area (TPSA) is 73.1 Å². The summed E-state index contributed by atoms with van der Waals surface area (Å²) in [5.74, 6) is 0. The minimum absolute atomic E-state index is 0.00231. The van der Waals surface area contributed by atoms with Gasteiger partial charge in [-0.15, -0.1) is 0 Å². The molecule has 0 aliphatic carbocycles. The fourth-order valence-electron chi connectivity index (χ4n) is 0.656. The van der Waals surface area contributed by atoms with Crippen LogP contribution < -0.4 is 0 Å². The molecule has 11 heavy (non-hydrogen) atoms.